The van der Waals surface area contributed by atoms with Crippen molar-refractivity contribution in [2.24, 2.45) is 0 Å². The van der Waals surface area contributed by atoms with Crippen LogP contribution in [-0.2, 0) is 22.6 Å². The second-order valence-electron chi connectivity index (χ2n) is 7.21. The summed E-state index contributed by atoms with van der Waals surface area (Å²) in [5.41, 5.74) is 1.62. The maximum absolute atomic E-state index is 13.4. The number of hydrogen-bond donors (Lipinski definition) is 1. The fourth-order valence-electron chi connectivity index (χ4n) is 3.27. The van der Waals surface area contributed by atoms with E-state index in [1.54, 1.807) is 36.4 Å². The second-order valence-corrected chi connectivity index (χ2v) is 7.65. The van der Waals surface area contributed by atoms with Gasteiger partial charge in [-0.25, -0.2) is 4.39 Å². The van der Waals surface area contributed by atoms with Crippen LogP contribution in [0.3, 0.4) is 0 Å². The van der Waals surface area contributed by atoms with Crippen molar-refractivity contribution in [2.45, 2.75) is 19.0 Å². The normalized spacial score (nSPS) is 11.5. The van der Waals surface area contributed by atoms with E-state index in [1.807, 2.05) is 30.3 Å². The molecule has 0 aliphatic rings. The Kier molecular flexibility index (Phi) is 8.22. The molecule has 0 unspecified atom stereocenters. The quantitative estimate of drug-likeness (QED) is 0.526. The summed E-state index contributed by atoms with van der Waals surface area (Å²) in [6.45, 7) is -0.126. The van der Waals surface area contributed by atoms with Crippen molar-refractivity contribution in [1.29, 1.82) is 0 Å². The maximum atomic E-state index is 13.4. The van der Waals surface area contributed by atoms with Gasteiger partial charge in [0.15, 0.2) is 6.61 Å². The highest BCUT2D eigenvalue weighted by Gasteiger charge is 2.30. The van der Waals surface area contributed by atoms with Crippen LogP contribution < -0.4 is 10.1 Å². The van der Waals surface area contributed by atoms with Gasteiger partial charge in [0.25, 0.3) is 5.91 Å². The standard InChI is InChI=1S/C25H24ClFN2O3/c1-28-25(31)23(15-18-5-3-2-4-6-18)29(16-19-7-11-21(27)12-8-19)24(30)17-32-22-13-9-20(26)10-14-22/h2-14,23H,15-17H2,1H3,(H,28,31)/t23-/m1/s1. The third-order valence-electron chi connectivity index (χ3n) is 4.96. The van der Waals surface area contributed by atoms with Gasteiger partial charge in [0.1, 0.15) is 17.6 Å². The van der Waals surface area contributed by atoms with Crippen molar-refractivity contribution in [1.82, 2.24) is 10.2 Å². The number of hydrogen-bond acceptors (Lipinski definition) is 3. The highest BCUT2D eigenvalue weighted by atomic mass is 35.5. The molecule has 3 rings (SSSR count). The molecule has 0 aliphatic heterocycles. The number of nitrogens with one attached hydrogen (secondary N) is 1. The average molecular weight is 455 g/mol. The second kappa shape index (κ2) is 11.3. The summed E-state index contributed by atoms with van der Waals surface area (Å²) >= 11 is 5.89. The zero-order valence-corrected chi connectivity index (χ0v) is 18.4. The largest absolute Gasteiger partial charge is 0.484 e. The number of benzene rings is 3. The van der Waals surface area contributed by atoms with Crippen molar-refractivity contribution in [3.63, 3.8) is 0 Å². The van der Waals surface area contributed by atoms with Gasteiger partial charge in [-0.2, -0.15) is 0 Å². The maximum Gasteiger partial charge on any atom is 0.261 e. The first-order chi connectivity index (χ1) is 15.5. The smallest absolute Gasteiger partial charge is 0.261 e. The van der Waals surface area contributed by atoms with Crippen LogP contribution in [0.5, 0.6) is 5.75 Å². The summed E-state index contributed by atoms with van der Waals surface area (Å²) in [6.07, 6.45) is 0.328. The minimum absolute atomic E-state index is 0.133. The molecule has 7 heteroatoms. The van der Waals surface area contributed by atoms with Gasteiger partial charge >= 0.3 is 0 Å². The predicted octanol–water partition coefficient (Wildman–Crippen LogP) is 4.24. The number of ether oxygens (including phenoxy) is 1. The molecule has 3 aromatic carbocycles. The molecule has 2 amide bonds. The van der Waals surface area contributed by atoms with E-state index in [9.17, 15) is 14.0 Å². The Morgan fingerprint density at radius 3 is 2.25 bits per heavy atom. The molecule has 0 radical (unpaired) electrons. The van der Waals surface area contributed by atoms with E-state index >= 15 is 0 Å². The van der Waals surface area contributed by atoms with Crippen LogP contribution in [0.25, 0.3) is 0 Å². The Labute approximate surface area is 191 Å². The Morgan fingerprint density at radius 2 is 1.62 bits per heavy atom. The van der Waals surface area contributed by atoms with E-state index < -0.39 is 6.04 Å². The molecule has 0 heterocycles. The Morgan fingerprint density at radius 1 is 0.969 bits per heavy atom. The molecule has 0 saturated heterocycles. The fourth-order valence-corrected chi connectivity index (χ4v) is 3.39. The molecule has 0 saturated carbocycles. The summed E-state index contributed by atoms with van der Waals surface area (Å²) in [6, 6.07) is 21.2. The van der Waals surface area contributed by atoms with Crippen LogP contribution >= 0.6 is 11.6 Å². The molecule has 0 aromatic heterocycles. The van der Waals surface area contributed by atoms with Gasteiger partial charge in [-0.15, -0.1) is 0 Å². The predicted molar refractivity (Wildman–Crippen MR) is 122 cm³/mol. The van der Waals surface area contributed by atoms with E-state index in [2.05, 4.69) is 5.32 Å². The van der Waals surface area contributed by atoms with Crippen molar-refractivity contribution in [3.05, 3.63) is 101 Å². The first-order valence-corrected chi connectivity index (χ1v) is 10.5. The molecular weight excluding hydrogens is 431 g/mol. The summed E-state index contributed by atoms with van der Waals surface area (Å²) < 4.78 is 19.0. The molecule has 1 N–H and O–H groups in total. The minimum atomic E-state index is -0.770. The fraction of sp³-hybridized carbons (Fsp3) is 0.200. The third-order valence-corrected chi connectivity index (χ3v) is 5.21. The molecule has 166 valence electrons. The van der Waals surface area contributed by atoms with E-state index in [0.717, 1.165) is 5.56 Å². The van der Waals surface area contributed by atoms with Crippen LogP contribution in [0.1, 0.15) is 11.1 Å². The molecule has 32 heavy (non-hydrogen) atoms. The lowest BCUT2D eigenvalue weighted by molar-refractivity contribution is -0.142. The SMILES string of the molecule is CNC(=O)[C@@H](Cc1ccccc1)N(Cc1ccc(F)cc1)C(=O)COc1ccc(Cl)cc1. The van der Waals surface area contributed by atoms with Crippen LogP contribution in [-0.4, -0.2) is 36.4 Å². The van der Waals surface area contributed by atoms with Gasteiger partial charge in [0, 0.05) is 25.0 Å². The molecule has 0 spiro atoms. The highest BCUT2D eigenvalue weighted by Crippen LogP contribution is 2.18. The van der Waals surface area contributed by atoms with Gasteiger partial charge in [0.05, 0.1) is 0 Å². The molecule has 0 aliphatic carbocycles. The van der Waals surface area contributed by atoms with Crippen molar-refractivity contribution in [3.8, 4) is 5.75 Å². The topological polar surface area (TPSA) is 58.6 Å². The lowest BCUT2D eigenvalue weighted by Crippen LogP contribution is -2.51. The Balaban J connectivity index is 1.85. The van der Waals surface area contributed by atoms with E-state index in [0.29, 0.717) is 22.8 Å². The van der Waals surface area contributed by atoms with E-state index in [-0.39, 0.29) is 30.8 Å². The van der Waals surface area contributed by atoms with Crippen LogP contribution in [0.2, 0.25) is 5.02 Å². The lowest BCUT2D eigenvalue weighted by Gasteiger charge is -2.31. The summed E-state index contributed by atoms with van der Waals surface area (Å²) in [5, 5.41) is 3.21. The van der Waals surface area contributed by atoms with Gasteiger partial charge in [-0.1, -0.05) is 54.1 Å². The van der Waals surface area contributed by atoms with Crippen LogP contribution in [0.15, 0.2) is 78.9 Å². The molecule has 0 bridgehead atoms. The van der Waals surface area contributed by atoms with Gasteiger partial charge < -0.3 is 15.0 Å². The first kappa shape index (κ1) is 23.3. The zero-order chi connectivity index (χ0) is 22.9. The Hall–Kier alpha value is -3.38. The number of carbonyl (C=O) groups excluding carboxylic acids is 2. The van der Waals surface area contributed by atoms with Gasteiger partial charge in [0.2, 0.25) is 5.91 Å². The number of nitrogens with zero attached hydrogens (tertiary/aromatic N) is 1. The average Bonchev–Trinajstić information content (AvgIpc) is 2.82. The summed E-state index contributed by atoms with van der Waals surface area (Å²) in [4.78, 5) is 27.5. The van der Waals surface area contributed by atoms with Crippen molar-refractivity contribution in [2.75, 3.05) is 13.7 Å². The monoisotopic (exact) mass is 454 g/mol. The zero-order valence-electron chi connectivity index (χ0n) is 17.6. The van der Waals surface area contributed by atoms with E-state index in [1.165, 1.54) is 24.1 Å². The minimum Gasteiger partial charge on any atom is -0.484 e. The number of halogens is 2. The van der Waals surface area contributed by atoms with Gasteiger partial charge in [-0.3, -0.25) is 9.59 Å². The summed E-state index contributed by atoms with van der Waals surface area (Å²) in [7, 11) is 1.53. The Bertz CT molecular complexity index is 1030. The van der Waals surface area contributed by atoms with Crippen LogP contribution in [0, 0.1) is 5.82 Å². The lowest BCUT2D eigenvalue weighted by atomic mass is 10.0. The number of rotatable bonds is 9. The number of carbonyl (C=O) groups is 2. The molecule has 1 atom stereocenters. The third kappa shape index (κ3) is 6.56. The number of likely N-dealkylation sites (N-methyl/N-ethyl adjacent to an activating group) is 1. The molecule has 3 aromatic rings. The van der Waals surface area contributed by atoms with Crippen LogP contribution in [0.4, 0.5) is 4.39 Å². The molecule has 0 fully saturated rings. The first-order valence-electron chi connectivity index (χ1n) is 10.1. The highest BCUT2D eigenvalue weighted by molar-refractivity contribution is 6.30. The summed E-state index contributed by atoms with van der Waals surface area (Å²) in [5.74, 6) is -0.543. The van der Waals surface area contributed by atoms with Gasteiger partial charge in [-0.05, 0) is 47.5 Å². The van der Waals surface area contributed by atoms with E-state index in [4.69, 9.17) is 16.3 Å². The molecule has 5 nitrogen and oxygen atoms in total. The van der Waals surface area contributed by atoms with Crippen molar-refractivity contribution < 1.29 is 18.7 Å². The number of amides is 2. The van der Waals surface area contributed by atoms with Crippen molar-refractivity contribution >= 4 is 23.4 Å². The molecular formula is C25H24ClFN2O3.